The Morgan fingerprint density at radius 1 is 0.351 bits per heavy atom. The van der Waals surface area contributed by atoms with Crippen LogP contribution in [0.15, 0.2) is 164 Å². The number of rotatable bonds is 6. The van der Waals surface area contributed by atoms with Gasteiger partial charge in [-0.2, -0.15) is 0 Å². The topological polar surface area (TPSA) is 12.9 Å². The molecule has 37 heavy (non-hydrogen) atoms. The molecule has 2 heteroatoms. The highest BCUT2D eigenvalue weighted by molar-refractivity contribution is 8.01. The van der Waals surface area contributed by atoms with Gasteiger partial charge in [-0.15, -0.1) is 0 Å². The quantitative estimate of drug-likeness (QED) is 0.227. The number of nitrogens with zero attached hydrogens (tertiary/aromatic N) is 1. The Hall–Kier alpha value is -4.32. The molecule has 0 N–H and O–H groups in total. The average molecular weight is 493 g/mol. The van der Waals surface area contributed by atoms with Crippen LogP contribution >= 0.6 is 7.26 Å². The predicted octanol–water partition coefficient (Wildman–Crippen LogP) is 7.04. The molecule has 0 spiro atoms. The molecule has 5 aromatic carbocycles. The molecule has 1 heterocycles. The van der Waals surface area contributed by atoms with Crippen LogP contribution in [0.4, 0.5) is 0 Å². The van der Waals surface area contributed by atoms with Gasteiger partial charge in [0.2, 0.25) is 0 Å². The van der Waals surface area contributed by atoms with Crippen LogP contribution in [0.5, 0.6) is 0 Å². The van der Waals surface area contributed by atoms with E-state index in [1.165, 1.54) is 32.3 Å². The maximum Gasteiger partial charge on any atom is 0.144 e. The normalized spacial score (nSPS) is 11.2. The molecule has 0 atom stereocenters. The molecule has 1 aromatic heterocycles. The summed E-state index contributed by atoms with van der Waals surface area (Å²) in [4.78, 5) is 4.82. The summed E-state index contributed by atoms with van der Waals surface area (Å²) >= 11 is 0. The van der Waals surface area contributed by atoms with Crippen molar-refractivity contribution < 1.29 is 0 Å². The first-order valence-electron chi connectivity index (χ1n) is 12.5. The van der Waals surface area contributed by atoms with Crippen LogP contribution in [0.2, 0.25) is 0 Å². The summed E-state index contributed by atoms with van der Waals surface area (Å²) in [5, 5.41) is 5.31. The van der Waals surface area contributed by atoms with E-state index < -0.39 is 7.26 Å². The number of hydrogen-bond donors (Lipinski definition) is 0. The van der Waals surface area contributed by atoms with E-state index in [-0.39, 0.29) is 0 Å². The van der Waals surface area contributed by atoms with Gasteiger partial charge in [0.15, 0.2) is 0 Å². The Morgan fingerprint density at radius 3 is 1.24 bits per heavy atom. The highest BCUT2D eigenvalue weighted by Gasteiger charge is 2.47. The van der Waals surface area contributed by atoms with E-state index in [9.17, 15) is 0 Å². The standard InChI is InChI=1S/C35H27NP/c1-5-13-28(14-6-1)29-21-23-30(24-22-29)35-27-34(25-26-36-35)37(31-15-7-2-8-16-31,32-17-9-3-10-18-32)33-19-11-4-12-20-33/h1-27H/q+1. The van der Waals surface area contributed by atoms with Crippen molar-refractivity contribution in [1.29, 1.82) is 0 Å². The van der Waals surface area contributed by atoms with Crippen LogP contribution in [-0.4, -0.2) is 4.98 Å². The van der Waals surface area contributed by atoms with Gasteiger partial charge in [-0.05, 0) is 53.6 Å². The molecule has 0 aliphatic carbocycles. The average Bonchev–Trinajstić information content (AvgIpc) is 3.00. The Kier molecular flexibility index (Phi) is 6.46. The predicted molar refractivity (Wildman–Crippen MR) is 160 cm³/mol. The molecule has 0 saturated carbocycles. The fourth-order valence-electron chi connectivity index (χ4n) is 5.10. The molecule has 0 amide bonds. The van der Waals surface area contributed by atoms with E-state index in [0.29, 0.717) is 0 Å². The summed E-state index contributed by atoms with van der Waals surface area (Å²) in [5.41, 5.74) is 4.54. The highest BCUT2D eigenvalue weighted by atomic mass is 31.2. The molecule has 6 rings (SSSR count). The van der Waals surface area contributed by atoms with Crippen molar-refractivity contribution in [3.63, 3.8) is 0 Å². The third-order valence-corrected chi connectivity index (χ3v) is 11.1. The maximum atomic E-state index is 4.82. The van der Waals surface area contributed by atoms with Gasteiger partial charge in [-0.3, -0.25) is 4.98 Å². The second-order valence-electron chi connectivity index (χ2n) is 9.02. The Bertz CT molecular complexity index is 1480. The minimum absolute atomic E-state index is 0.990. The van der Waals surface area contributed by atoms with Gasteiger partial charge in [0.1, 0.15) is 28.5 Å². The van der Waals surface area contributed by atoms with E-state index in [0.717, 1.165) is 11.3 Å². The fraction of sp³-hybridized carbons (Fsp3) is 0. The van der Waals surface area contributed by atoms with Crippen molar-refractivity contribution in [1.82, 2.24) is 4.98 Å². The van der Waals surface area contributed by atoms with Gasteiger partial charge >= 0.3 is 0 Å². The number of hydrogen-bond acceptors (Lipinski definition) is 1. The zero-order chi connectivity index (χ0) is 24.9. The summed E-state index contributed by atoms with van der Waals surface area (Å²) in [7, 11) is -2.15. The Morgan fingerprint density at radius 2 is 0.757 bits per heavy atom. The molecule has 0 aliphatic rings. The zero-order valence-corrected chi connectivity index (χ0v) is 21.4. The summed E-state index contributed by atoms with van der Waals surface area (Å²) < 4.78 is 0. The SMILES string of the molecule is c1ccc(-c2ccc(-c3cc([P+](c4ccccc4)(c4ccccc4)c4ccccc4)ccn3)cc2)cc1. The van der Waals surface area contributed by atoms with Crippen molar-refractivity contribution in [2.24, 2.45) is 0 Å². The van der Waals surface area contributed by atoms with Crippen molar-refractivity contribution in [2.75, 3.05) is 0 Å². The van der Waals surface area contributed by atoms with Gasteiger partial charge in [0, 0.05) is 17.8 Å². The van der Waals surface area contributed by atoms with Crippen LogP contribution in [0.3, 0.4) is 0 Å². The lowest BCUT2D eigenvalue weighted by Gasteiger charge is -2.27. The van der Waals surface area contributed by atoms with E-state index >= 15 is 0 Å². The number of benzene rings is 5. The minimum Gasteiger partial charge on any atom is -0.256 e. The van der Waals surface area contributed by atoms with Gasteiger partial charge in [-0.25, -0.2) is 0 Å². The first-order valence-corrected chi connectivity index (χ1v) is 14.3. The molecular formula is C35H27NP+. The molecule has 0 bridgehead atoms. The van der Waals surface area contributed by atoms with Crippen molar-refractivity contribution in [3.05, 3.63) is 164 Å². The van der Waals surface area contributed by atoms with Crippen LogP contribution in [-0.2, 0) is 0 Å². The smallest absolute Gasteiger partial charge is 0.144 e. The molecule has 6 aromatic rings. The second-order valence-corrected chi connectivity index (χ2v) is 12.4. The second kappa shape index (κ2) is 10.3. The fourth-order valence-corrected chi connectivity index (χ4v) is 9.35. The first kappa shape index (κ1) is 23.1. The van der Waals surface area contributed by atoms with Gasteiger partial charge in [0.05, 0.1) is 5.69 Å². The molecular weight excluding hydrogens is 465 g/mol. The molecule has 0 aliphatic heterocycles. The van der Waals surface area contributed by atoms with Crippen LogP contribution in [0.25, 0.3) is 22.4 Å². The monoisotopic (exact) mass is 492 g/mol. The molecule has 0 radical (unpaired) electrons. The van der Waals surface area contributed by atoms with Crippen molar-refractivity contribution in [2.45, 2.75) is 0 Å². The van der Waals surface area contributed by atoms with E-state index in [2.05, 4.69) is 158 Å². The number of aromatic nitrogens is 1. The summed E-state index contributed by atoms with van der Waals surface area (Å²) in [6.07, 6.45) is 1.97. The Labute approximate surface area is 219 Å². The molecule has 176 valence electrons. The van der Waals surface area contributed by atoms with Crippen LogP contribution in [0.1, 0.15) is 0 Å². The lowest BCUT2D eigenvalue weighted by Crippen LogP contribution is -2.38. The summed E-state index contributed by atoms with van der Waals surface area (Å²) in [6, 6.07) is 56.6. The lowest BCUT2D eigenvalue weighted by molar-refractivity contribution is 1.34. The van der Waals surface area contributed by atoms with E-state index in [1.807, 2.05) is 6.20 Å². The summed E-state index contributed by atoms with van der Waals surface area (Å²) in [5.74, 6) is 0. The third-order valence-electron chi connectivity index (χ3n) is 6.85. The van der Waals surface area contributed by atoms with Crippen LogP contribution in [0, 0.1) is 0 Å². The zero-order valence-electron chi connectivity index (χ0n) is 20.5. The highest BCUT2D eigenvalue weighted by Crippen LogP contribution is 2.54. The van der Waals surface area contributed by atoms with Gasteiger partial charge in [0.25, 0.3) is 0 Å². The van der Waals surface area contributed by atoms with Crippen molar-refractivity contribution in [3.8, 4) is 22.4 Å². The molecule has 0 unspecified atom stereocenters. The third kappa shape index (κ3) is 4.40. The molecule has 1 nitrogen and oxygen atoms in total. The maximum absolute atomic E-state index is 4.82. The van der Waals surface area contributed by atoms with E-state index in [1.54, 1.807) is 0 Å². The lowest BCUT2D eigenvalue weighted by atomic mass is 10.0. The van der Waals surface area contributed by atoms with Crippen LogP contribution < -0.4 is 21.2 Å². The summed E-state index contributed by atoms with van der Waals surface area (Å²) in [6.45, 7) is 0. The first-order chi connectivity index (χ1) is 18.4. The molecule has 0 fully saturated rings. The largest absolute Gasteiger partial charge is 0.256 e. The van der Waals surface area contributed by atoms with E-state index in [4.69, 9.17) is 4.98 Å². The molecule has 0 saturated heterocycles. The van der Waals surface area contributed by atoms with Crippen molar-refractivity contribution >= 4 is 28.5 Å². The number of pyridine rings is 1. The van der Waals surface area contributed by atoms with Gasteiger partial charge in [-0.1, -0.05) is 109 Å². The Balaban J connectivity index is 1.54. The van der Waals surface area contributed by atoms with Gasteiger partial charge < -0.3 is 0 Å². The minimum atomic E-state index is -2.15.